The number of hydrogen-bond acceptors (Lipinski definition) is 3. The van der Waals surface area contributed by atoms with Crippen molar-refractivity contribution < 1.29 is 4.79 Å². The van der Waals surface area contributed by atoms with Gasteiger partial charge in [-0.05, 0) is 25.3 Å². The summed E-state index contributed by atoms with van der Waals surface area (Å²) in [7, 11) is 1.99. The maximum atomic E-state index is 12.8. The van der Waals surface area contributed by atoms with Crippen LogP contribution in [0.15, 0.2) is 42.5 Å². The molecule has 2 amide bonds. The fraction of sp³-hybridized carbons (Fsp3) is 0.364. The van der Waals surface area contributed by atoms with Crippen LogP contribution < -0.4 is 5.32 Å². The van der Waals surface area contributed by atoms with Crippen LogP contribution in [-0.2, 0) is 13.6 Å². The average molecular weight is 377 g/mol. The molecular formula is C22H27N5O. The normalized spacial score (nSPS) is 15.2. The number of carbonyl (C=O) groups is 1. The lowest BCUT2D eigenvalue weighted by molar-refractivity contribution is 0.142. The molecule has 1 N–H and O–H groups in total. The largest absolute Gasteiger partial charge is 0.322 e. The van der Waals surface area contributed by atoms with E-state index in [9.17, 15) is 4.79 Å². The van der Waals surface area contributed by atoms with E-state index < -0.39 is 0 Å². The number of nitrogens with zero attached hydrogens (tertiary/aromatic N) is 4. The van der Waals surface area contributed by atoms with E-state index in [4.69, 9.17) is 0 Å². The molecule has 4 rings (SSSR count). The second-order valence-electron chi connectivity index (χ2n) is 7.49. The van der Waals surface area contributed by atoms with E-state index in [0.717, 1.165) is 54.9 Å². The fourth-order valence-corrected chi connectivity index (χ4v) is 3.91. The maximum absolute atomic E-state index is 12.8. The summed E-state index contributed by atoms with van der Waals surface area (Å²) >= 11 is 0. The number of carbonyl (C=O) groups excluding carboxylic acids is 1. The van der Waals surface area contributed by atoms with E-state index in [1.807, 2.05) is 47.0 Å². The summed E-state index contributed by atoms with van der Waals surface area (Å²) in [6, 6.07) is 14.1. The number of nitrogens with one attached hydrogen (secondary N) is 1. The molecule has 0 saturated carbocycles. The van der Waals surface area contributed by atoms with Gasteiger partial charge in [0.1, 0.15) is 0 Å². The second kappa shape index (κ2) is 7.64. The zero-order chi connectivity index (χ0) is 19.7. The number of amides is 2. The van der Waals surface area contributed by atoms with Gasteiger partial charge in [-0.1, -0.05) is 36.4 Å². The van der Waals surface area contributed by atoms with Gasteiger partial charge in [-0.15, -0.1) is 0 Å². The summed E-state index contributed by atoms with van der Waals surface area (Å²) in [6.45, 7) is 8.28. The van der Waals surface area contributed by atoms with Crippen LogP contribution >= 0.6 is 0 Å². The summed E-state index contributed by atoms with van der Waals surface area (Å²) in [5.41, 5.74) is 4.48. The van der Waals surface area contributed by atoms with Crippen molar-refractivity contribution in [1.82, 2.24) is 19.6 Å². The first kappa shape index (κ1) is 18.5. The molecule has 2 aromatic carbocycles. The summed E-state index contributed by atoms with van der Waals surface area (Å²) < 4.78 is 1.94. The molecule has 6 heteroatoms. The highest BCUT2D eigenvalue weighted by molar-refractivity contribution is 6.01. The minimum atomic E-state index is -0.0234. The van der Waals surface area contributed by atoms with Gasteiger partial charge < -0.3 is 10.2 Å². The van der Waals surface area contributed by atoms with Crippen LogP contribution in [0.3, 0.4) is 0 Å². The van der Waals surface area contributed by atoms with Crippen molar-refractivity contribution in [2.75, 3.05) is 31.5 Å². The van der Waals surface area contributed by atoms with Gasteiger partial charge in [-0.25, -0.2) is 4.79 Å². The van der Waals surface area contributed by atoms with Crippen molar-refractivity contribution in [3.8, 4) is 0 Å². The minimum absolute atomic E-state index is 0.0234. The molecule has 0 atom stereocenters. The molecule has 2 heterocycles. The Morgan fingerprint density at radius 2 is 1.75 bits per heavy atom. The molecule has 1 aliphatic heterocycles. The number of hydrogen-bond donors (Lipinski definition) is 1. The van der Waals surface area contributed by atoms with E-state index in [1.165, 1.54) is 11.3 Å². The van der Waals surface area contributed by atoms with E-state index in [-0.39, 0.29) is 6.03 Å². The Morgan fingerprint density at radius 1 is 1.04 bits per heavy atom. The average Bonchev–Trinajstić information content (AvgIpc) is 2.95. The summed E-state index contributed by atoms with van der Waals surface area (Å²) in [6.07, 6.45) is 0. The molecule has 1 fully saturated rings. The molecule has 1 aliphatic rings. The minimum Gasteiger partial charge on any atom is -0.322 e. The van der Waals surface area contributed by atoms with Gasteiger partial charge in [0.2, 0.25) is 0 Å². The van der Waals surface area contributed by atoms with Gasteiger partial charge in [0.25, 0.3) is 0 Å². The van der Waals surface area contributed by atoms with Crippen LogP contribution in [0.5, 0.6) is 0 Å². The number of fused-ring (bicyclic) bond motifs is 1. The number of aromatic nitrogens is 2. The number of rotatable bonds is 3. The lowest BCUT2D eigenvalue weighted by Gasteiger charge is -2.34. The molecule has 3 aromatic rings. The van der Waals surface area contributed by atoms with Crippen molar-refractivity contribution in [2.45, 2.75) is 20.4 Å². The van der Waals surface area contributed by atoms with Crippen LogP contribution in [0.4, 0.5) is 10.5 Å². The number of piperazine rings is 1. The standard InChI is InChI=1S/C22H27N5O/c1-16-20(17(2)25(3)24-16)15-26-11-13-27(14-12-26)22(28)23-21-10-6-8-18-7-4-5-9-19(18)21/h4-10H,11-15H2,1-3H3,(H,23,28). The van der Waals surface area contributed by atoms with E-state index in [2.05, 4.69) is 41.3 Å². The zero-order valence-electron chi connectivity index (χ0n) is 16.8. The zero-order valence-corrected chi connectivity index (χ0v) is 16.8. The first-order chi connectivity index (χ1) is 13.5. The van der Waals surface area contributed by atoms with Crippen molar-refractivity contribution in [2.24, 2.45) is 7.05 Å². The smallest absolute Gasteiger partial charge is 0.321 e. The van der Waals surface area contributed by atoms with Gasteiger partial charge in [0.15, 0.2) is 0 Å². The molecule has 0 spiro atoms. The predicted octanol–water partition coefficient (Wildman–Crippen LogP) is 3.54. The number of anilines is 1. The third-order valence-electron chi connectivity index (χ3n) is 5.73. The van der Waals surface area contributed by atoms with Crippen molar-refractivity contribution in [3.05, 3.63) is 59.4 Å². The molecule has 0 radical (unpaired) electrons. The highest BCUT2D eigenvalue weighted by Crippen LogP contribution is 2.23. The van der Waals surface area contributed by atoms with Crippen molar-refractivity contribution in [1.29, 1.82) is 0 Å². The van der Waals surface area contributed by atoms with E-state index >= 15 is 0 Å². The van der Waals surface area contributed by atoms with Crippen LogP contribution in [-0.4, -0.2) is 51.8 Å². The predicted molar refractivity (Wildman–Crippen MR) is 112 cm³/mol. The first-order valence-corrected chi connectivity index (χ1v) is 9.78. The number of benzene rings is 2. The molecule has 0 bridgehead atoms. The van der Waals surface area contributed by atoms with Crippen LogP contribution in [0, 0.1) is 13.8 Å². The van der Waals surface area contributed by atoms with Gasteiger partial charge in [-0.3, -0.25) is 9.58 Å². The highest BCUT2D eigenvalue weighted by atomic mass is 16.2. The monoisotopic (exact) mass is 377 g/mol. The maximum Gasteiger partial charge on any atom is 0.321 e. The Kier molecular flexibility index (Phi) is 5.05. The van der Waals surface area contributed by atoms with E-state index in [0.29, 0.717) is 0 Å². The highest BCUT2D eigenvalue weighted by Gasteiger charge is 2.23. The van der Waals surface area contributed by atoms with Crippen LogP contribution in [0.2, 0.25) is 0 Å². The Hall–Kier alpha value is -2.86. The molecule has 6 nitrogen and oxygen atoms in total. The summed E-state index contributed by atoms with van der Waals surface area (Å²) in [5, 5.41) is 9.80. The third kappa shape index (κ3) is 3.60. The Bertz CT molecular complexity index is 996. The Balaban J connectivity index is 1.37. The molecule has 0 aliphatic carbocycles. The lowest BCUT2D eigenvalue weighted by Crippen LogP contribution is -2.49. The third-order valence-corrected chi connectivity index (χ3v) is 5.73. The molecular weight excluding hydrogens is 350 g/mol. The molecule has 1 aromatic heterocycles. The Morgan fingerprint density at radius 3 is 2.46 bits per heavy atom. The lowest BCUT2D eigenvalue weighted by atomic mass is 10.1. The Labute approximate surface area is 165 Å². The molecule has 1 saturated heterocycles. The van der Waals surface area contributed by atoms with Gasteiger partial charge in [0.05, 0.1) is 11.4 Å². The van der Waals surface area contributed by atoms with Gasteiger partial charge >= 0.3 is 6.03 Å². The summed E-state index contributed by atoms with van der Waals surface area (Å²) in [5.74, 6) is 0. The van der Waals surface area contributed by atoms with Gasteiger partial charge in [0, 0.05) is 56.4 Å². The fourth-order valence-electron chi connectivity index (χ4n) is 3.91. The van der Waals surface area contributed by atoms with Crippen LogP contribution in [0.25, 0.3) is 10.8 Å². The molecule has 146 valence electrons. The SMILES string of the molecule is Cc1nn(C)c(C)c1CN1CCN(C(=O)Nc2cccc3ccccc23)CC1. The molecule has 0 unspecified atom stereocenters. The van der Waals surface area contributed by atoms with Crippen molar-refractivity contribution in [3.63, 3.8) is 0 Å². The quantitative estimate of drug-likeness (QED) is 0.760. The number of urea groups is 1. The second-order valence-corrected chi connectivity index (χ2v) is 7.49. The molecule has 28 heavy (non-hydrogen) atoms. The van der Waals surface area contributed by atoms with E-state index in [1.54, 1.807) is 0 Å². The summed E-state index contributed by atoms with van der Waals surface area (Å²) in [4.78, 5) is 17.1. The van der Waals surface area contributed by atoms with Crippen molar-refractivity contribution >= 4 is 22.5 Å². The van der Waals surface area contributed by atoms with Gasteiger partial charge in [-0.2, -0.15) is 5.10 Å². The number of aryl methyl sites for hydroxylation is 2. The topological polar surface area (TPSA) is 53.4 Å². The van der Waals surface area contributed by atoms with Crippen LogP contribution in [0.1, 0.15) is 17.0 Å². The first-order valence-electron chi connectivity index (χ1n) is 9.78.